The molecule has 31 heavy (non-hydrogen) atoms. The van der Waals surface area contributed by atoms with Crippen LogP contribution in [0.15, 0.2) is 18.2 Å². The highest BCUT2D eigenvalue weighted by molar-refractivity contribution is 6.31. The molecule has 1 saturated heterocycles. The van der Waals surface area contributed by atoms with Crippen LogP contribution in [-0.2, 0) is 14.3 Å². The first-order valence-electron chi connectivity index (χ1n) is 10.0. The van der Waals surface area contributed by atoms with Crippen LogP contribution in [0.2, 0.25) is 5.02 Å². The Labute approximate surface area is 186 Å². The zero-order valence-electron chi connectivity index (χ0n) is 17.9. The number of nitrogen functional groups attached to an aromatic ring is 1. The molecule has 10 heteroatoms. The number of nitrogens with zero attached hydrogens (tertiary/aromatic N) is 3. The highest BCUT2D eigenvalue weighted by Crippen LogP contribution is 2.40. The minimum atomic E-state index is -0.497. The topological polar surface area (TPSA) is 109 Å². The van der Waals surface area contributed by atoms with E-state index in [-0.39, 0.29) is 18.6 Å². The number of carbonyl (C=O) groups excluding carboxylic acids is 1. The van der Waals surface area contributed by atoms with Gasteiger partial charge in [0, 0.05) is 36.0 Å². The van der Waals surface area contributed by atoms with E-state index < -0.39 is 5.97 Å². The standard InChI is InChI=1S/C21H27ClN4O5/c1-4-30-17-9-14(15(22)10-18(17)31-12-20(27)28-3)16-11-29-7-5-6-26(16)19-8-13(2)24-21(23)25-19/h8-10,16H,4-7,11-12H2,1-3H3,(H2,23,24,25). The molecule has 1 aromatic heterocycles. The van der Waals surface area contributed by atoms with Gasteiger partial charge in [0.15, 0.2) is 18.1 Å². The SMILES string of the molecule is CCOc1cc(C2COCCCN2c2cc(C)nc(N)n2)c(Cl)cc1OCC(=O)OC. The predicted octanol–water partition coefficient (Wildman–Crippen LogP) is 2.94. The molecule has 0 aliphatic carbocycles. The fourth-order valence-corrected chi connectivity index (χ4v) is 3.69. The number of nitrogens with two attached hydrogens (primary N) is 1. The van der Waals surface area contributed by atoms with Gasteiger partial charge in [0.25, 0.3) is 0 Å². The van der Waals surface area contributed by atoms with E-state index in [4.69, 9.17) is 31.5 Å². The Hall–Kier alpha value is -2.78. The van der Waals surface area contributed by atoms with Crippen molar-refractivity contribution in [3.63, 3.8) is 0 Å². The van der Waals surface area contributed by atoms with Crippen molar-refractivity contribution in [3.8, 4) is 11.5 Å². The van der Waals surface area contributed by atoms with Crippen molar-refractivity contribution in [2.24, 2.45) is 0 Å². The average molecular weight is 451 g/mol. The number of halogens is 1. The van der Waals surface area contributed by atoms with Gasteiger partial charge in [0.1, 0.15) is 5.82 Å². The van der Waals surface area contributed by atoms with Crippen molar-refractivity contribution in [3.05, 3.63) is 34.5 Å². The quantitative estimate of drug-likeness (QED) is 0.636. The summed E-state index contributed by atoms with van der Waals surface area (Å²) in [7, 11) is 1.30. The van der Waals surface area contributed by atoms with Gasteiger partial charge in [-0.05, 0) is 31.9 Å². The Balaban J connectivity index is 2.00. The highest BCUT2D eigenvalue weighted by atomic mass is 35.5. The molecule has 1 fully saturated rings. The van der Waals surface area contributed by atoms with Crippen LogP contribution in [0.4, 0.5) is 11.8 Å². The van der Waals surface area contributed by atoms with E-state index in [2.05, 4.69) is 19.6 Å². The number of rotatable bonds is 7. The minimum Gasteiger partial charge on any atom is -0.490 e. The molecular formula is C21H27ClN4O5. The average Bonchev–Trinajstić information content (AvgIpc) is 2.98. The number of aromatic nitrogens is 2. The molecule has 0 spiro atoms. The molecule has 9 nitrogen and oxygen atoms in total. The van der Waals surface area contributed by atoms with E-state index >= 15 is 0 Å². The van der Waals surface area contributed by atoms with Gasteiger partial charge < -0.3 is 29.6 Å². The van der Waals surface area contributed by atoms with E-state index in [1.165, 1.54) is 7.11 Å². The molecule has 1 atom stereocenters. The summed E-state index contributed by atoms with van der Waals surface area (Å²) >= 11 is 6.66. The van der Waals surface area contributed by atoms with Gasteiger partial charge in [-0.1, -0.05) is 11.6 Å². The van der Waals surface area contributed by atoms with Gasteiger partial charge in [-0.25, -0.2) is 9.78 Å². The summed E-state index contributed by atoms with van der Waals surface area (Å²) in [5.74, 6) is 1.27. The number of methoxy groups -OCH3 is 1. The summed E-state index contributed by atoms with van der Waals surface area (Å²) in [5, 5.41) is 0.461. The van der Waals surface area contributed by atoms with Crippen LogP contribution in [0.25, 0.3) is 0 Å². The van der Waals surface area contributed by atoms with E-state index in [1.54, 1.807) is 6.07 Å². The molecule has 1 aliphatic heterocycles. The number of hydrogen-bond acceptors (Lipinski definition) is 9. The molecule has 1 aromatic carbocycles. The van der Waals surface area contributed by atoms with Crippen molar-refractivity contribution in [2.45, 2.75) is 26.3 Å². The van der Waals surface area contributed by atoms with Crippen LogP contribution in [-0.4, -0.2) is 56.0 Å². The predicted molar refractivity (Wildman–Crippen MR) is 117 cm³/mol. The highest BCUT2D eigenvalue weighted by Gasteiger charge is 2.28. The van der Waals surface area contributed by atoms with Crippen molar-refractivity contribution in [1.29, 1.82) is 0 Å². The van der Waals surface area contributed by atoms with E-state index in [0.29, 0.717) is 48.7 Å². The molecule has 2 aromatic rings. The summed E-state index contributed by atoms with van der Waals surface area (Å²) in [6, 6.07) is 5.13. The smallest absolute Gasteiger partial charge is 0.343 e. The first kappa shape index (κ1) is 22.9. The van der Waals surface area contributed by atoms with Crippen LogP contribution in [0, 0.1) is 6.92 Å². The lowest BCUT2D eigenvalue weighted by molar-refractivity contribution is -0.142. The van der Waals surface area contributed by atoms with E-state index in [1.807, 2.05) is 26.0 Å². The van der Waals surface area contributed by atoms with Gasteiger partial charge in [-0.3, -0.25) is 0 Å². The molecule has 3 rings (SSSR count). The van der Waals surface area contributed by atoms with Crippen LogP contribution in [0.1, 0.15) is 30.6 Å². The maximum Gasteiger partial charge on any atom is 0.343 e. The molecule has 0 radical (unpaired) electrons. The molecule has 1 aliphatic rings. The van der Waals surface area contributed by atoms with Crippen LogP contribution >= 0.6 is 11.6 Å². The first-order valence-corrected chi connectivity index (χ1v) is 10.4. The molecule has 0 saturated carbocycles. The van der Waals surface area contributed by atoms with Crippen molar-refractivity contribution in [2.75, 3.05) is 50.7 Å². The molecule has 0 amide bonds. The normalized spacial score (nSPS) is 16.5. The zero-order chi connectivity index (χ0) is 22.4. The summed E-state index contributed by atoms with van der Waals surface area (Å²) in [5.41, 5.74) is 7.47. The monoisotopic (exact) mass is 450 g/mol. The number of benzene rings is 1. The molecule has 168 valence electrons. The number of esters is 1. The van der Waals surface area contributed by atoms with Gasteiger partial charge in [0.05, 0.1) is 26.4 Å². The van der Waals surface area contributed by atoms with E-state index in [9.17, 15) is 4.79 Å². The molecule has 2 heterocycles. The number of hydrogen-bond donors (Lipinski definition) is 1. The van der Waals surface area contributed by atoms with Crippen molar-refractivity contribution >= 4 is 29.3 Å². The summed E-state index contributed by atoms with van der Waals surface area (Å²) < 4.78 is 21.8. The lowest BCUT2D eigenvalue weighted by atomic mass is 10.0. The summed E-state index contributed by atoms with van der Waals surface area (Å²) in [4.78, 5) is 22.2. The molecule has 2 N–H and O–H groups in total. The third kappa shape index (κ3) is 5.68. The van der Waals surface area contributed by atoms with Crippen LogP contribution in [0.3, 0.4) is 0 Å². The van der Waals surface area contributed by atoms with Gasteiger partial charge in [0.2, 0.25) is 5.95 Å². The second kappa shape index (κ2) is 10.5. The van der Waals surface area contributed by atoms with Gasteiger partial charge in [-0.2, -0.15) is 4.98 Å². The Kier molecular flexibility index (Phi) is 7.75. The minimum absolute atomic E-state index is 0.214. The van der Waals surface area contributed by atoms with Crippen molar-refractivity contribution in [1.82, 2.24) is 9.97 Å². The summed E-state index contributed by atoms with van der Waals surface area (Å²) in [6.45, 7) is 5.66. The lowest BCUT2D eigenvalue weighted by Crippen LogP contribution is -2.32. The second-order valence-electron chi connectivity index (χ2n) is 6.98. The maximum absolute atomic E-state index is 11.5. The van der Waals surface area contributed by atoms with Gasteiger partial charge >= 0.3 is 5.97 Å². The second-order valence-corrected chi connectivity index (χ2v) is 7.39. The molecular weight excluding hydrogens is 424 g/mol. The number of anilines is 2. The Morgan fingerprint density at radius 2 is 2.06 bits per heavy atom. The zero-order valence-corrected chi connectivity index (χ0v) is 18.6. The fourth-order valence-electron chi connectivity index (χ4n) is 3.41. The Morgan fingerprint density at radius 3 is 2.77 bits per heavy atom. The van der Waals surface area contributed by atoms with E-state index in [0.717, 1.165) is 17.7 Å². The first-order chi connectivity index (χ1) is 14.9. The number of aryl methyl sites for hydroxylation is 1. The molecule has 0 bridgehead atoms. The van der Waals surface area contributed by atoms with Crippen LogP contribution < -0.4 is 20.1 Å². The van der Waals surface area contributed by atoms with Gasteiger partial charge in [-0.15, -0.1) is 0 Å². The molecule has 1 unspecified atom stereocenters. The number of carbonyl (C=O) groups is 1. The number of ether oxygens (including phenoxy) is 4. The Bertz CT molecular complexity index is 907. The Morgan fingerprint density at radius 1 is 1.29 bits per heavy atom. The third-order valence-electron chi connectivity index (χ3n) is 4.79. The third-order valence-corrected chi connectivity index (χ3v) is 5.11. The lowest BCUT2D eigenvalue weighted by Gasteiger charge is -2.32. The summed E-state index contributed by atoms with van der Waals surface area (Å²) in [6.07, 6.45) is 0.829. The van der Waals surface area contributed by atoms with Crippen molar-refractivity contribution < 1.29 is 23.7 Å². The van der Waals surface area contributed by atoms with Crippen LogP contribution in [0.5, 0.6) is 11.5 Å². The fraction of sp³-hybridized carbons (Fsp3) is 0.476. The maximum atomic E-state index is 11.5. The largest absolute Gasteiger partial charge is 0.490 e.